The summed E-state index contributed by atoms with van der Waals surface area (Å²) in [5.74, 6) is -0.0403. The van der Waals surface area contributed by atoms with Gasteiger partial charge in [-0.15, -0.1) is 0 Å². The number of pyridine rings is 1. The molecule has 0 bridgehead atoms. The zero-order valence-corrected chi connectivity index (χ0v) is 24.0. The number of halogens is 1. The van der Waals surface area contributed by atoms with E-state index in [1.165, 1.54) is 44.1 Å². The van der Waals surface area contributed by atoms with Gasteiger partial charge >= 0.3 is 0 Å². The predicted molar refractivity (Wildman–Crippen MR) is 157 cm³/mol. The lowest BCUT2D eigenvalue weighted by Gasteiger charge is -2.26. The molecule has 3 rings (SSSR count). The fourth-order valence-electron chi connectivity index (χ4n) is 4.64. The van der Waals surface area contributed by atoms with Crippen LogP contribution in [0, 0.1) is 0 Å². The number of hydrogen-bond donors (Lipinski definition) is 1. The number of nitrogens with zero attached hydrogens (tertiary/aromatic N) is 2. The molecule has 1 atom stereocenters. The molecule has 1 N–H and O–H groups in total. The number of amides is 1. The summed E-state index contributed by atoms with van der Waals surface area (Å²) in [5.41, 5.74) is 4.64. The highest BCUT2D eigenvalue weighted by Gasteiger charge is 2.18. The third-order valence-electron chi connectivity index (χ3n) is 6.74. The Morgan fingerprint density at radius 1 is 0.944 bits per heavy atom. The maximum atomic E-state index is 13.6. The minimum absolute atomic E-state index is 0.0403. The quantitative estimate of drug-likeness (QED) is 0.206. The van der Waals surface area contributed by atoms with Gasteiger partial charge in [-0.05, 0) is 69.1 Å². The average molecular weight is 553 g/mol. The highest BCUT2D eigenvalue weighted by Crippen LogP contribution is 2.27. The summed E-state index contributed by atoms with van der Waals surface area (Å²) in [5, 5.41) is 4.16. The van der Waals surface area contributed by atoms with Crippen molar-refractivity contribution in [3.63, 3.8) is 0 Å². The van der Waals surface area contributed by atoms with Crippen molar-refractivity contribution in [2.75, 3.05) is 19.6 Å². The van der Waals surface area contributed by atoms with Gasteiger partial charge in [-0.3, -0.25) is 4.79 Å². The average Bonchev–Trinajstić information content (AvgIpc) is 2.88. The molecule has 1 amide bonds. The van der Waals surface area contributed by atoms with Gasteiger partial charge in [-0.1, -0.05) is 86.6 Å². The van der Waals surface area contributed by atoms with Crippen LogP contribution in [0.2, 0.25) is 0 Å². The Morgan fingerprint density at radius 2 is 1.61 bits per heavy atom. The number of carbonyl (C=O) groups excluding carboxylic acids is 1. The molecule has 0 spiro atoms. The molecule has 0 saturated heterocycles. The first kappa shape index (κ1) is 28.3. The van der Waals surface area contributed by atoms with Crippen molar-refractivity contribution in [2.45, 2.75) is 78.7 Å². The summed E-state index contributed by atoms with van der Waals surface area (Å²) in [7, 11) is 0. The molecule has 0 unspecified atom stereocenters. The van der Waals surface area contributed by atoms with Crippen molar-refractivity contribution in [2.24, 2.45) is 0 Å². The first-order valence-corrected chi connectivity index (χ1v) is 14.5. The zero-order valence-electron chi connectivity index (χ0n) is 22.4. The highest BCUT2D eigenvalue weighted by molar-refractivity contribution is 9.10. The first-order chi connectivity index (χ1) is 17.4. The Labute approximate surface area is 226 Å². The van der Waals surface area contributed by atoms with Crippen LogP contribution < -0.4 is 5.32 Å². The molecule has 5 heteroatoms. The molecule has 2 aromatic carbocycles. The lowest BCUT2D eigenvalue weighted by Crippen LogP contribution is -2.42. The maximum Gasteiger partial charge on any atom is 0.252 e. The Hall–Kier alpha value is -2.24. The van der Waals surface area contributed by atoms with Crippen molar-refractivity contribution < 1.29 is 4.79 Å². The van der Waals surface area contributed by atoms with Crippen molar-refractivity contribution in [1.82, 2.24) is 15.2 Å². The highest BCUT2D eigenvalue weighted by atomic mass is 79.9. The molecule has 0 aliphatic carbocycles. The summed E-state index contributed by atoms with van der Waals surface area (Å²) >= 11 is 3.57. The van der Waals surface area contributed by atoms with Gasteiger partial charge in [-0.2, -0.15) is 0 Å². The summed E-state index contributed by atoms with van der Waals surface area (Å²) in [6, 6.07) is 16.4. The van der Waals surface area contributed by atoms with E-state index in [2.05, 4.69) is 78.1 Å². The summed E-state index contributed by atoms with van der Waals surface area (Å²) in [4.78, 5) is 21.0. The number of unbranched alkanes of at least 4 members (excludes halogenated alkanes) is 4. The summed E-state index contributed by atoms with van der Waals surface area (Å²) in [6.45, 7) is 11.8. The van der Waals surface area contributed by atoms with Crippen molar-refractivity contribution in [3.05, 3.63) is 64.1 Å². The molecule has 0 fully saturated rings. The second-order valence-corrected chi connectivity index (χ2v) is 10.8. The number of rotatable bonds is 14. The second kappa shape index (κ2) is 14.5. The lowest BCUT2D eigenvalue weighted by molar-refractivity contribution is 0.0930. The number of carbonyl (C=O) groups is 1. The molecule has 4 nitrogen and oxygen atoms in total. The van der Waals surface area contributed by atoms with E-state index in [-0.39, 0.29) is 11.9 Å². The van der Waals surface area contributed by atoms with E-state index in [0.29, 0.717) is 5.56 Å². The fourth-order valence-corrected chi connectivity index (χ4v) is 5.01. The lowest BCUT2D eigenvalue weighted by atomic mass is 10.0. The molecular formula is C31H42BrN3O. The number of fused-ring (bicyclic) bond motifs is 1. The SMILES string of the molecule is CCCCCN(CCCCC)C[C@@H](C)NC(=O)c1cc(-c2ccc(CC)cc2)nc2ccc(Br)cc12. The van der Waals surface area contributed by atoms with Crippen LogP contribution in [0.25, 0.3) is 22.2 Å². The number of aromatic nitrogens is 1. The van der Waals surface area contributed by atoms with Crippen LogP contribution in [0.5, 0.6) is 0 Å². The molecule has 194 valence electrons. The monoisotopic (exact) mass is 551 g/mol. The smallest absolute Gasteiger partial charge is 0.252 e. The van der Waals surface area contributed by atoms with Crippen LogP contribution in [-0.4, -0.2) is 41.5 Å². The second-order valence-electron chi connectivity index (χ2n) is 9.86. The minimum atomic E-state index is -0.0403. The normalized spacial score (nSPS) is 12.3. The summed E-state index contributed by atoms with van der Waals surface area (Å²) in [6.07, 6.45) is 8.39. The van der Waals surface area contributed by atoms with E-state index >= 15 is 0 Å². The molecule has 3 aromatic rings. The Kier molecular flexibility index (Phi) is 11.4. The summed E-state index contributed by atoms with van der Waals surface area (Å²) < 4.78 is 0.942. The van der Waals surface area contributed by atoms with Crippen molar-refractivity contribution in [3.8, 4) is 11.3 Å². The number of hydrogen-bond acceptors (Lipinski definition) is 3. The number of aryl methyl sites for hydroxylation is 1. The molecule has 36 heavy (non-hydrogen) atoms. The van der Waals surface area contributed by atoms with Crippen molar-refractivity contribution in [1.29, 1.82) is 0 Å². The Bertz CT molecular complexity index is 1100. The maximum absolute atomic E-state index is 13.6. The van der Waals surface area contributed by atoms with E-state index in [1.807, 2.05) is 24.3 Å². The molecule has 0 saturated carbocycles. The van der Waals surface area contributed by atoms with E-state index in [1.54, 1.807) is 0 Å². The molecular weight excluding hydrogens is 510 g/mol. The van der Waals surface area contributed by atoms with Crippen LogP contribution in [0.15, 0.2) is 53.0 Å². The first-order valence-electron chi connectivity index (χ1n) is 13.7. The van der Waals surface area contributed by atoms with Gasteiger partial charge < -0.3 is 10.2 Å². The van der Waals surface area contributed by atoms with Gasteiger partial charge in [0.15, 0.2) is 0 Å². The number of benzene rings is 2. The van der Waals surface area contributed by atoms with Gasteiger partial charge in [0, 0.05) is 28.0 Å². The minimum Gasteiger partial charge on any atom is -0.348 e. The third-order valence-corrected chi connectivity index (χ3v) is 7.23. The predicted octanol–water partition coefficient (Wildman–Crippen LogP) is 8.03. The molecule has 0 aliphatic rings. The molecule has 0 aliphatic heterocycles. The van der Waals surface area contributed by atoms with Gasteiger partial charge in [0.2, 0.25) is 0 Å². The van der Waals surface area contributed by atoms with Gasteiger partial charge in [0.25, 0.3) is 5.91 Å². The van der Waals surface area contributed by atoms with E-state index in [4.69, 9.17) is 4.98 Å². The standard InChI is InChI=1S/C31H42BrN3O/c1-5-8-10-18-35(19-11-9-6-2)22-23(4)33-31(36)28-21-30(25-14-12-24(7-3)13-15-25)34-29-17-16-26(32)20-27(28)29/h12-17,20-21,23H,5-11,18-19,22H2,1-4H3,(H,33,36)/t23-/m1/s1. The zero-order chi connectivity index (χ0) is 25.9. The van der Waals surface area contributed by atoms with Crippen LogP contribution >= 0.6 is 15.9 Å². The number of nitrogens with one attached hydrogen (secondary N) is 1. The van der Waals surface area contributed by atoms with Crippen molar-refractivity contribution >= 4 is 32.7 Å². The van der Waals surface area contributed by atoms with Gasteiger partial charge in [-0.25, -0.2) is 4.98 Å². The van der Waals surface area contributed by atoms with Crippen LogP contribution in [0.1, 0.15) is 82.1 Å². The molecule has 1 heterocycles. The van der Waals surface area contributed by atoms with Crippen LogP contribution in [-0.2, 0) is 6.42 Å². The van der Waals surface area contributed by atoms with Crippen LogP contribution in [0.3, 0.4) is 0 Å². The van der Waals surface area contributed by atoms with Crippen LogP contribution in [0.4, 0.5) is 0 Å². The Morgan fingerprint density at radius 3 is 2.22 bits per heavy atom. The van der Waals surface area contributed by atoms with Gasteiger partial charge in [0.05, 0.1) is 16.8 Å². The van der Waals surface area contributed by atoms with E-state index in [0.717, 1.165) is 52.7 Å². The molecule has 1 aromatic heterocycles. The molecule has 0 radical (unpaired) electrons. The third kappa shape index (κ3) is 8.14. The fraction of sp³-hybridized carbons (Fsp3) is 0.484. The topological polar surface area (TPSA) is 45.2 Å². The van der Waals surface area contributed by atoms with Gasteiger partial charge in [0.1, 0.15) is 0 Å². The van der Waals surface area contributed by atoms with E-state index < -0.39 is 0 Å². The van der Waals surface area contributed by atoms with E-state index in [9.17, 15) is 4.79 Å². The Balaban J connectivity index is 1.82. The largest absolute Gasteiger partial charge is 0.348 e.